The zero-order valence-electron chi connectivity index (χ0n) is 10.3. The number of amides is 1. The van der Waals surface area contributed by atoms with Crippen molar-refractivity contribution in [3.05, 3.63) is 35.9 Å². The van der Waals surface area contributed by atoms with Crippen LogP contribution in [0.25, 0.3) is 0 Å². The molecule has 0 bridgehead atoms. The SMILES string of the molecule is [NH3+]C(Cc1ccccc1)C(=O)N1CCCCC1. The van der Waals surface area contributed by atoms with Crippen LogP contribution in [0.5, 0.6) is 0 Å². The molecular formula is C14H21N2O+. The topological polar surface area (TPSA) is 48.0 Å². The number of hydrogen-bond donors (Lipinski definition) is 1. The summed E-state index contributed by atoms with van der Waals surface area (Å²) in [5.41, 5.74) is 5.21. The van der Waals surface area contributed by atoms with Gasteiger partial charge in [-0.3, -0.25) is 4.79 Å². The highest BCUT2D eigenvalue weighted by Gasteiger charge is 2.25. The smallest absolute Gasteiger partial charge is 0.281 e. The molecule has 1 aromatic rings. The summed E-state index contributed by atoms with van der Waals surface area (Å²) in [5.74, 6) is 0.216. The molecule has 1 saturated heterocycles. The number of hydrogen-bond acceptors (Lipinski definition) is 1. The molecule has 1 atom stereocenters. The number of quaternary nitrogens is 1. The van der Waals surface area contributed by atoms with Gasteiger partial charge in [-0.1, -0.05) is 30.3 Å². The number of likely N-dealkylation sites (tertiary alicyclic amines) is 1. The molecule has 2 rings (SSSR count). The summed E-state index contributed by atoms with van der Waals surface area (Å²) in [5, 5.41) is 0. The molecule has 1 fully saturated rings. The standard InChI is InChI=1S/C14H20N2O/c15-13(11-12-7-3-1-4-8-12)14(17)16-9-5-2-6-10-16/h1,3-4,7-8,13H,2,5-6,9-11,15H2/p+1. The Balaban J connectivity index is 1.90. The number of benzene rings is 1. The number of carbonyl (C=O) groups excluding carboxylic acids is 1. The molecule has 0 aliphatic carbocycles. The van der Waals surface area contributed by atoms with E-state index < -0.39 is 0 Å². The van der Waals surface area contributed by atoms with Crippen LogP contribution in [0, 0.1) is 0 Å². The summed E-state index contributed by atoms with van der Waals surface area (Å²) in [6, 6.07) is 9.98. The van der Waals surface area contributed by atoms with Crippen LogP contribution in [-0.4, -0.2) is 29.9 Å². The number of piperidine rings is 1. The summed E-state index contributed by atoms with van der Waals surface area (Å²) in [4.78, 5) is 14.1. The first-order valence-electron chi connectivity index (χ1n) is 6.43. The molecule has 3 heteroatoms. The van der Waals surface area contributed by atoms with Gasteiger partial charge in [0.25, 0.3) is 5.91 Å². The zero-order chi connectivity index (χ0) is 12.1. The largest absolute Gasteiger partial charge is 0.347 e. The first-order chi connectivity index (χ1) is 8.27. The number of rotatable bonds is 3. The lowest BCUT2D eigenvalue weighted by molar-refractivity contribution is -0.405. The predicted octanol–water partition coefficient (Wildman–Crippen LogP) is 0.852. The molecule has 0 radical (unpaired) electrons. The lowest BCUT2D eigenvalue weighted by Gasteiger charge is -2.27. The fourth-order valence-corrected chi connectivity index (χ4v) is 2.36. The molecule has 1 heterocycles. The molecule has 1 amide bonds. The van der Waals surface area contributed by atoms with Crippen LogP contribution >= 0.6 is 0 Å². The lowest BCUT2D eigenvalue weighted by Crippen LogP contribution is -2.69. The molecule has 1 aliphatic rings. The third-order valence-electron chi connectivity index (χ3n) is 3.34. The van der Waals surface area contributed by atoms with Crippen molar-refractivity contribution in [2.24, 2.45) is 0 Å². The molecule has 0 saturated carbocycles. The van der Waals surface area contributed by atoms with Gasteiger partial charge in [-0.2, -0.15) is 0 Å². The average molecular weight is 233 g/mol. The Morgan fingerprint density at radius 3 is 2.47 bits per heavy atom. The molecule has 92 valence electrons. The van der Waals surface area contributed by atoms with E-state index in [0.717, 1.165) is 32.4 Å². The van der Waals surface area contributed by atoms with Crippen LogP contribution in [0.3, 0.4) is 0 Å². The van der Waals surface area contributed by atoms with Crippen molar-refractivity contribution >= 4 is 5.91 Å². The summed E-state index contributed by atoms with van der Waals surface area (Å²) < 4.78 is 0. The molecule has 17 heavy (non-hydrogen) atoms. The minimum Gasteiger partial charge on any atom is -0.347 e. The van der Waals surface area contributed by atoms with E-state index in [-0.39, 0.29) is 11.9 Å². The summed E-state index contributed by atoms with van der Waals surface area (Å²) in [7, 11) is 0. The molecule has 1 aromatic carbocycles. The minimum absolute atomic E-state index is 0.143. The summed E-state index contributed by atoms with van der Waals surface area (Å²) in [6.07, 6.45) is 4.29. The van der Waals surface area contributed by atoms with Crippen LogP contribution in [0.2, 0.25) is 0 Å². The lowest BCUT2D eigenvalue weighted by atomic mass is 10.0. The Morgan fingerprint density at radius 1 is 1.18 bits per heavy atom. The van der Waals surface area contributed by atoms with E-state index in [1.54, 1.807) is 0 Å². The van der Waals surface area contributed by atoms with Crippen LogP contribution in [0.4, 0.5) is 0 Å². The average Bonchev–Trinajstić information content (AvgIpc) is 2.40. The van der Waals surface area contributed by atoms with Gasteiger partial charge in [-0.05, 0) is 24.8 Å². The van der Waals surface area contributed by atoms with E-state index in [0.29, 0.717) is 0 Å². The first-order valence-corrected chi connectivity index (χ1v) is 6.43. The van der Waals surface area contributed by atoms with Gasteiger partial charge in [0, 0.05) is 19.5 Å². The van der Waals surface area contributed by atoms with E-state index in [2.05, 4.69) is 17.9 Å². The van der Waals surface area contributed by atoms with Gasteiger partial charge in [0.05, 0.1) is 0 Å². The van der Waals surface area contributed by atoms with Crippen molar-refractivity contribution in [3.8, 4) is 0 Å². The van der Waals surface area contributed by atoms with Gasteiger partial charge in [0.1, 0.15) is 0 Å². The van der Waals surface area contributed by atoms with Gasteiger partial charge < -0.3 is 10.6 Å². The van der Waals surface area contributed by atoms with Crippen molar-refractivity contribution in [2.45, 2.75) is 31.7 Å². The third-order valence-corrected chi connectivity index (χ3v) is 3.34. The molecule has 1 unspecified atom stereocenters. The zero-order valence-corrected chi connectivity index (χ0v) is 10.3. The second-order valence-corrected chi connectivity index (χ2v) is 4.77. The van der Waals surface area contributed by atoms with Crippen LogP contribution in [0.1, 0.15) is 24.8 Å². The van der Waals surface area contributed by atoms with E-state index in [1.807, 2.05) is 23.1 Å². The van der Waals surface area contributed by atoms with Crippen molar-refractivity contribution in [3.63, 3.8) is 0 Å². The third kappa shape index (κ3) is 3.30. The highest BCUT2D eigenvalue weighted by molar-refractivity contribution is 5.80. The quantitative estimate of drug-likeness (QED) is 0.826. The van der Waals surface area contributed by atoms with Gasteiger partial charge in [0.2, 0.25) is 0 Å². The Kier molecular flexibility index (Phi) is 4.15. The number of nitrogens with zero attached hydrogens (tertiary/aromatic N) is 1. The highest BCUT2D eigenvalue weighted by Crippen LogP contribution is 2.10. The second-order valence-electron chi connectivity index (χ2n) is 4.77. The van der Waals surface area contributed by atoms with E-state index >= 15 is 0 Å². The van der Waals surface area contributed by atoms with E-state index in [1.165, 1.54) is 12.0 Å². The monoisotopic (exact) mass is 233 g/mol. The maximum Gasteiger partial charge on any atom is 0.281 e. The van der Waals surface area contributed by atoms with Gasteiger partial charge in [0.15, 0.2) is 6.04 Å². The van der Waals surface area contributed by atoms with E-state index in [9.17, 15) is 4.79 Å². The van der Waals surface area contributed by atoms with Crippen LogP contribution < -0.4 is 5.73 Å². The van der Waals surface area contributed by atoms with Crippen molar-refractivity contribution in [1.82, 2.24) is 4.90 Å². The highest BCUT2D eigenvalue weighted by atomic mass is 16.2. The minimum atomic E-state index is -0.143. The van der Waals surface area contributed by atoms with E-state index in [4.69, 9.17) is 0 Å². The summed E-state index contributed by atoms with van der Waals surface area (Å²) >= 11 is 0. The molecule has 0 aromatic heterocycles. The molecule has 1 aliphatic heterocycles. The van der Waals surface area contributed by atoms with Crippen LogP contribution in [0.15, 0.2) is 30.3 Å². The predicted molar refractivity (Wildman–Crippen MR) is 67.3 cm³/mol. The fraction of sp³-hybridized carbons (Fsp3) is 0.500. The van der Waals surface area contributed by atoms with Crippen molar-refractivity contribution < 1.29 is 10.5 Å². The first kappa shape index (κ1) is 12.1. The normalized spacial score (nSPS) is 17.8. The van der Waals surface area contributed by atoms with Crippen molar-refractivity contribution in [1.29, 1.82) is 0 Å². The summed E-state index contributed by atoms with van der Waals surface area (Å²) in [6.45, 7) is 1.83. The Morgan fingerprint density at radius 2 is 1.82 bits per heavy atom. The Hall–Kier alpha value is -1.35. The fourth-order valence-electron chi connectivity index (χ4n) is 2.36. The van der Waals surface area contributed by atoms with Gasteiger partial charge in [-0.25, -0.2) is 0 Å². The Labute approximate surface area is 103 Å². The Bertz CT molecular complexity index is 358. The molecule has 0 spiro atoms. The molecule has 3 nitrogen and oxygen atoms in total. The number of carbonyl (C=O) groups is 1. The van der Waals surface area contributed by atoms with Crippen LogP contribution in [-0.2, 0) is 11.2 Å². The maximum atomic E-state index is 12.2. The maximum absolute atomic E-state index is 12.2. The van der Waals surface area contributed by atoms with Gasteiger partial charge in [-0.15, -0.1) is 0 Å². The van der Waals surface area contributed by atoms with Crippen molar-refractivity contribution in [2.75, 3.05) is 13.1 Å². The second kappa shape index (κ2) is 5.82. The molecular weight excluding hydrogens is 212 g/mol. The van der Waals surface area contributed by atoms with Gasteiger partial charge >= 0.3 is 0 Å². The molecule has 3 N–H and O–H groups in total.